The third kappa shape index (κ3) is 1.83. The van der Waals surface area contributed by atoms with Gasteiger partial charge in [0.05, 0.1) is 5.69 Å². The summed E-state index contributed by atoms with van der Waals surface area (Å²) < 4.78 is 0. The normalized spacial score (nSPS) is 10.1. The van der Waals surface area contributed by atoms with E-state index in [2.05, 4.69) is 9.97 Å². The highest BCUT2D eigenvalue weighted by Gasteiger charge is 1.99. The van der Waals surface area contributed by atoms with Crippen molar-refractivity contribution >= 4 is 11.6 Å². The second kappa shape index (κ2) is 3.64. The van der Waals surface area contributed by atoms with Crippen molar-refractivity contribution < 1.29 is 5.11 Å². The summed E-state index contributed by atoms with van der Waals surface area (Å²) in [5.41, 5.74) is 1.64. The number of nitrogens with zero attached hydrogens (tertiary/aromatic N) is 2. The van der Waals surface area contributed by atoms with E-state index in [4.69, 9.17) is 16.7 Å². The Kier molecular flexibility index (Phi) is 2.33. The van der Waals surface area contributed by atoms with Crippen LogP contribution in [0.4, 0.5) is 0 Å². The van der Waals surface area contributed by atoms with Gasteiger partial charge in [0.15, 0.2) is 0 Å². The number of phenols is 1. The van der Waals surface area contributed by atoms with Crippen LogP contribution < -0.4 is 0 Å². The van der Waals surface area contributed by atoms with Gasteiger partial charge in [-0.3, -0.25) is 0 Å². The number of hydrogen-bond acceptors (Lipinski definition) is 3. The molecule has 1 N–H and O–H groups in total. The number of benzene rings is 1. The lowest BCUT2D eigenvalue weighted by Gasteiger charge is -2.00. The number of aromatic nitrogens is 2. The minimum Gasteiger partial charge on any atom is -0.508 e. The third-order valence-electron chi connectivity index (χ3n) is 1.79. The number of halogens is 1. The summed E-state index contributed by atoms with van der Waals surface area (Å²) in [6.07, 6.45) is 1.59. The Labute approximate surface area is 86.0 Å². The van der Waals surface area contributed by atoms with Crippen LogP contribution in [0.3, 0.4) is 0 Å². The first-order valence-corrected chi connectivity index (χ1v) is 4.41. The van der Waals surface area contributed by atoms with Crippen LogP contribution in [0.1, 0.15) is 0 Å². The van der Waals surface area contributed by atoms with E-state index in [0.29, 0.717) is 0 Å². The highest BCUT2D eigenvalue weighted by Crippen LogP contribution is 2.20. The Hall–Kier alpha value is -1.61. The predicted octanol–water partition coefficient (Wildman–Crippen LogP) is 2.50. The van der Waals surface area contributed by atoms with Gasteiger partial charge in [-0.25, -0.2) is 9.97 Å². The highest BCUT2D eigenvalue weighted by atomic mass is 35.5. The Bertz CT molecular complexity index is 442. The van der Waals surface area contributed by atoms with Gasteiger partial charge in [-0.1, -0.05) is 0 Å². The van der Waals surface area contributed by atoms with E-state index < -0.39 is 0 Å². The van der Waals surface area contributed by atoms with E-state index in [1.807, 2.05) is 0 Å². The van der Waals surface area contributed by atoms with Gasteiger partial charge in [-0.05, 0) is 41.9 Å². The first kappa shape index (κ1) is 8.97. The zero-order chi connectivity index (χ0) is 9.97. The average molecular weight is 207 g/mol. The summed E-state index contributed by atoms with van der Waals surface area (Å²) >= 11 is 5.65. The van der Waals surface area contributed by atoms with Crippen LogP contribution in [0, 0.1) is 0 Å². The Morgan fingerprint density at radius 3 is 2.43 bits per heavy atom. The molecule has 0 aliphatic carbocycles. The number of hydrogen-bond donors (Lipinski definition) is 1. The molecule has 0 spiro atoms. The molecule has 2 rings (SSSR count). The van der Waals surface area contributed by atoms with Crippen molar-refractivity contribution in [3.63, 3.8) is 0 Å². The molecule has 0 saturated carbocycles. The number of rotatable bonds is 1. The van der Waals surface area contributed by atoms with Crippen LogP contribution in [0.15, 0.2) is 36.5 Å². The van der Waals surface area contributed by atoms with E-state index in [1.165, 1.54) is 0 Å². The SMILES string of the molecule is Oc1ccc(-c2ccnc(Cl)n2)cc1. The van der Waals surface area contributed by atoms with Crippen molar-refractivity contribution in [2.45, 2.75) is 0 Å². The Morgan fingerprint density at radius 1 is 1.07 bits per heavy atom. The molecular formula is C10H7ClN2O. The molecule has 2 aromatic rings. The van der Waals surface area contributed by atoms with E-state index >= 15 is 0 Å². The molecule has 1 heterocycles. The molecule has 1 aromatic heterocycles. The number of phenolic OH excluding ortho intramolecular Hbond substituents is 1. The molecule has 0 fully saturated rings. The predicted molar refractivity (Wildman–Crippen MR) is 54.1 cm³/mol. The van der Waals surface area contributed by atoms with Gasteiger partial charge in [0.2, 0.25) is 5.28 Å². The second-order valence-electron chi connectivity index (χ2n) is 2.76. The van der Waals surface area contributed by atoms with Gasteiger partial charge in [-0.15, -0.1) is 0 Å². The monoisotopic (exact) mass is 206 g/mol. The van der Waals surface area contributed by atoms with Crippen LogP contribution in [-0.2, 0) is 0 Å². The van der Waals surface area contributed by atoms with Crippen LogP contribution >= 0.6 is 11.6 Å². The van der Waals surface area contributed by atoms with Crippen molar-refractivity contribution in [2.24, 2.45) is 0 Å². The van der Waals surface area contributed by atoms with Crippen molar-refractivity contribution in [1.29, 1.82) is 0 Å². The van der Waals surface area contributed by atoms with Gasteiger partial charge >= 0.3 is 0 Å². The van der Waals surface area contributed by atoms with E-state index in [1.54, 1.807) is 36.5 Å². The van der Waals surface area contributed by atoms with Gasteiger partial charge in [-0.2, -0.15) is 0 Å². The minimum atomic E-state index is 0.218. The zero-order valence-corrected chi connectivity index (χ0v) is 7.94. The first-order chi connectivity index (χ1) is 6.75. The maximum absolute atomic E-state index is 9.10. The van der Waals surface area contributed by atoms with Gasteiger partial charge in [0.25, 0.3) is 0 Å². The molecule has 4 heteroatoms. The van der Waals surface area contributed by atoms with Gasteiger partial charge < -0.3 is 5.11 Å². The molecule has 0 aliphatic rings. The van der Waals surface area contributed by atoms with Gasteiger partial charge in [0.1, 0.15) is 5.75 Å². The van der Waals surface area contributed by atoms with Crippen molar-refractivity contribution in [3.8, 4) is 17.0 Å². The Morgan fingerprint density at radius 2 is 1.79 bits per heavy atom. The smallest absolute Gasteiger partial charge is 0.222 e. The summed E-state index contributed by atoms with van der Waals surface area (Å²) in [5, 5.41) is 9.32. The van der Waals surface area contributed by atoms with Crippen LogP contribution in [-0.4, -0.2) is 15.1 Å². The highest BCUT2D eigenvalue weighted by molar-refractivity contribution is 6.28. The fraction of sp³-hybridized carbons (Fsp3) is 0. The maximum atomic E-state index is 9.10. The third-order valence-corrected chi connectivity index (χ3v) is 1.97. The van der Waals surface area contributed by atoms with Crippen LogP contribution in [0.25, 0.3) is 11.3 Å². The fourth-order valence-electron chi connectivity index (χ4n) is 1.13. The van der Waals surface area contributed by atoms with E-state index in [0.717, 1.165) is 11.3 Å². The van der Waals surface area contributed by atoms with Crippen molar-refractivity contribution in [3.05, 3.63) is 41.8 Å². The van der Waals surface area contributed by atoms with Crippen molar-refractivity contribution in [1.82, 2.24) is 9.97 Å². The zero-order valence-electron chi connectivity index (χ0n) is 7.18. The average Bonchev–Trinajstić information content (AvgIpc) is 2.19. The van der Waals surface area contributed by atoms with Gasteiger partial charge in [0, 0.05) is 11.8 Å². The molecule has 0 atom stereocenters. The molecule has 0 unspecified atom stereocenters. The van der Waals surface area contributed by atoms with E-state index in [-0.39, 0.29) is 11.0 Å². The Balaban J connectivity index is 2.44. The van der Waals surface area contributed by atoms with E-state index in [9.17, 15) is 0 Å². The molecule has 0 amide bonds. The second-order valence-corrected chi connectivity index (χ2v) is 3.10. The first-order valence-electron chi connectivity index (χ1n) is 4.03. The summed E-state index contributed by atoms with van der Waals surface area (Å²) in [4.78, 5) is 7.83. The minimum absolute atomic E-state index is 0.218. The summed E-state index contributed by atoms with van der Waals surface area (Å²) in [7, 11) is 0. The fourth-order valence-corrected chi connectivity index (χ4v) is 1.28. The standard InChI is InChI=1S/C10H7ClN2O/c11-10-12-6-5-9(13-10)7-1-3-8(14)4-2-7/h1-6,14H. The molecule has 0 radical (unpaired) electrons. The molecule has 0 saturated heterocycles. The molecular weight excluding hydrogens is 200 g/mol. The van der Waals surface area contributed by atoms with Crippen molar-refractivity contribution in [2.75, 3.05) is 0 Å². The lowest BCUT2D eigenvalue weighted by Crippen LogP contribution is -1.85. The quantitative estimate of drug-likeness (QED) is 0.730. The molecule has 1 aromatic carbocycles. The molecule has 3 nitrogen and oxygen atoms in total. The molecule has 0 bridgehead atoms. The summed E-state index contributed by atoms with van der Waals surface area (Å²) in [6.45, 7) is 0. The number of aromatic hydroxyl groups is 1. The molecule has 0 aliphatic heterocycles. The van der Waals surface area contributed by atoms with Crippen LogP contribution in [0.5, 0.6) is 5.75 Å². The molecule has 70 valence electrons. The topological polar surface area (TPSA) is 46.0 Å². The maximum Gasteiger partial charge on any atom is 0.222 e. The lowest BCUT2D eigenvalue weighted by atomic mass is 10.1. The summed E-state index contributed by atoms with van der Waals surface area (Å²) in [5.74, 6) is 0.230. The lowest BCUT2D eigenvalue weighted by molar-refractivity contribution is 0.475. The molecule has 14 heavy (non-hydrogen) atoms. The van der Waals surface area contributed by atoms with Crippen LogP contribution in [0.2, 0.25) is 5.28 Å². The largest absolute Gasteiger partial charge is 0.508 e. The summed E-state index contributed by atoms with van der Waals surface area (Å²) in [6, 6.07) is 8.51.